The van der Waals surface area contributed by atoms with Crippen LogP contribution in [-0.2, 0) is 4.79 Å². The number of rotatable bonds is 5. The highest BCUT2D eigenvalue weighted by Crippen LogP contribution is 2.11. The van der Waals surface area contributed by atoms with Gasteiger partial charge in [-0.25, -0.2) is 0 Å². The third-order valence-corrected chi connectivity index (χ3v) is 2.57. The topological polar surface area (TPSA) is 52.6 Å². The molecule has 1 fully saturated rings. The average Bonchev–Trinajstić information content (AvgIpc) is 2.58. The Hall–Kier alpha value is -0.610. The number of nitrogens with one attached hydrogen (secondary N) is 1. The molecule has 2 N–H and O–H groups in total. The minimum absolute atomic E-state index is 0.287. The number of hydrogen-bond donors (Lipinski definition) is 2. The minimum Gasteiger partial charge on any atom is -0.481 e. The van der Waals surface area contributed by atoms with Crippen molar-refractivity contribution in [2.45, 2.75) is 32.2 Å². The standard InChI is InChI=1S/C9H18N2O2/c1-2-8(3-4-9(12)13)11-6-5-10-7-11/h8,10H,2-7H2,1H3,(H,12,13)/t8-/m1/s1. The fourth-order valence-electron chi connectivity index (χ4n) is 1.77. The molecule has 0 unspecified atom stereocenters. The fourth-order valence-corrected chi connectivity index (χ4v) is 1.77. The molecule has 0 saturated carbocycles. The normalized spacial score (nSPS) is 20.4. The molecule has 1 aliphatic rings. The second kappa shape index (κ2) is 5.19. The quantitative estimate of drug-likeness (QED) is 0.656. The largest absolute Gasteiger partial charge is 0.481 e. The van der Waals surface area contributed by atoms with E-state index < -0.39 is 5.97 Å². The summed E-state index contributed by atoms with van der Waals surface area (Å²) in [4.78, 5) is 12.7. The maximum Gasteiger partial charge on any atom is 0.303 e. The van der Waals surface area contributed by atoms with Gasteiger partial charge in [0, 0.05) is 32.2 Å². The second-order valence-corrected chi connectivity index (χ2v) is 3.46. The molecule has 76 valence electrons. The van der Waals surface area contributed by atoms with Crippen molar-refractivity contribution in [3.05, 3.63) is 0 Å². The molecule has 1 saturated heterocycles. The number of carboxylic acids is 1. The maximum atomic E-state index is 10.4. The minimum atomic E-state index is -0.689. The second-order valence-electron chi connectivity index (χ2n) is 3.46. The summed E-state index contributed by atoms with van der Waals surface area (Å²) in [5.41, 5.74) is 0. The smallest absolute Gasteiger partial charge is 0.303 e. The lowest BCUT2D eigenvalue weighted by Gasteiger charge is -2.24. The first-order chi connectivity index (χ1) is 6.24. The summed E-state index contributed by atoms with van der Waals surface area (Å²) in [7, 11) is 0. The van der Waals surface area contributed by atoms with Crippen LogP contribution in [0.1, 0.15) is 26.2 Å². The molecule has 0 aromatic rings. The Morgan fingerprint density at radius 1 is 1.69 bits per heavy atom. The highest BCUT2D eigenvalue weighted by molar-refractivity contribution is 5.66. The molecule has 4 nitrogen and oxygen atoms in total. The molecular formula is C9H18N2O2. The summed E-state index contributed by atoms with van der Waals surface area (Å²) in [5.74, 6) is -0.689. The fraction of sp³-hybridized carbons (Fsp3) is 0.889. The van der Waals surface area contributed by atoms with Gasteiger partial charge in [0.2, 0.25) is 0 Å². The predicted molar refractivity (Wildman–Crippen MR) is 50.5 cm³/mol. The van der Waals surface area contributed by atoms with E-state index in [2.05, 4.69) is 17.1 Å². The zero-order valence-corrected chi connectivity index (χ0v) is 8.12. The molecule has 1 atom stereocenters. The molecule has 0 aliphatic carbocycles. The summed E-state index contributed by atoms with van der Waals surface area (Å²) in [6, 6.07) is 0.436. The molecule has 4 heteroatoms. The zero-order valence-electron chi connectivity index (χ0n) is 8.12. The third-order valence-electron chi connectivity index (χ3n) is 2.57. The molecule has 1 rings (SSSR count). The van der Waals surface area contributed by atoms with Crippen LogP contribution in [0.3, 0.4) is 0 Å². The van der Waals surface area contributed by atoms with Crippen LogP contribution in [0.4, 0.5) is 0 Å². The lowest BCUT2D eigenvalue weighted by molar-refractivity contribution is -0.137. The van der Waals surface area contributed by atoms with Crippen LogP contribution in [-0.4, -0.2) is 41.8 Å². The van der Waals surface area contributed by atoms with E-state index in [-0.39, 0.29) is 6.42 Å². The van der Waals surface area contributed by atoms with Crippen molar-refractivity contribution in [3.63, 3.8) is 0 Å². The molecule has 0 bridgehead atoms. The number of carboxylic acid groups (broad SMARTS) is 1. The van der Waals surface area contributed by atoms with Gasteiger partial charge in [-0.2, -0.15) is 0 Å². The van der Waals surface area contributed by atoms with E-state index in [0.717, 1.165) is 32.6 Å². The molecule has 1 aliphatic heterocycles. The Kier molecular flexibility index (Phi) is 4.18. The highest BCUT2D eigenvalue weighted by Gasteiger charge is 2.20. The van der Waals surface area contributed by atoms with Crippen LogP contribution < -0.4 is 5.32 Å². The van der Waals surface area contributed by atoms with Gasteiger partial charge in [-0.3, -0.25) is 9.69 Å². The zero-order chi connectivity index (χ0) is 9.68. The van der Waals surface area contributed by atoms with Crippen molar-refractivity contribution < 1.29 is 9.90 Å². The first kappa shape index (κ1) is 10.5. The third kappa shape index (κ3) is 3.32. The molecule has 0 amide bonds. The molecular weight excluding hydrogens is 168 g/mol. The van der Waals surface area contributed by atoms with Crippen molar-refractivity contribution in [1.29, 1.82) is 0 Å². The van der Waals surface area contributed by atoms with Crippen molar-refractivity contribution in [1.82, 2.24) is 10.2 Å². The Balaban J connectivity index is 2.28. The van der Waals surface area contributed by atoms with Crippen LogP contribution in [0.2, 0.25) is 0 Å². The van der Waals surface area contributed by atoms with E-state index in [1.807, 2.05) is 0 Å². The molecule has 13 heavy (non-hydrogen) atoms. The van der Waals surface area contributed by atoms with Crippen molar-refractivity contribution in [2.24, 2.45) is 0 Å². The van der Waals surface area contributed by atoms with Crippen LogP contribution in [0.25, 0.3) is 0 Å². The lowest BCUT2D eigenvalue weighted by Crippen LogP contribution is -2.34. The van der Waals surface area contributed by atoms with Crippen LogP contribution in [0.15, 0.2) is 0 Å². The van der Waals surface area contributed by atoms with E-state index in [9.17, 15) is 4.79 Å². The van der Waals surface area contributed by atoms with E-state index in [1.54, 1.807) is 0 Å². The Labute approximate surface area is 78.9 Å². The summed E-state index contributed by atoms with van der Waals surface area (Å²) < 4.78 is 0. The summed E-state index contributed by atoms with van der Waals surface area (Å²) in [6.45, 7) is 5.12. The van der Waals surface area contributed by atoms with Gasteiger partial charge in [0.15, 0.2) is 0 Å². The Bertz CT molecular complexity index is 167. The molecule has 0 aromatic heterocycles. The predicted octanol–water partition coefficient (Wildman–Crippen LogP) is 0.492. The first-order valence-electron chi connectivity index (χ1n) is 4.90. The molecule has 0 spiro atoms. The van der Waals surface area contributed by atoms with E-state index in [0.29, 0.717) is 6.04 Å². The number of hydrogen-bond acceptors (Lipinski definition) is 3. The summed E-state index contributed by atoms with van der Waals surface area (Å²) in [6.07, 6.45) is 2.09. The number of carbonyl (C=O) groups is 1. The van der Waals surface area contributed by atoms with Gasteiger partial charge >= 0.3 is 5.97 Å². The molecule has 0 aromatic carbocycles. The summed E-state index contributed by atoms with van der Waals surface area (Å²) >= 11 is 0. The SMILES string of the molecule is CC[C@H](CCC(=O)O)N1CCNC1. The maximum absolute atomic E-state index is 10.4. The van der Waals surface area contributed by atoms with Gasteiger partial charge in [0.25, 0.3) is 0 Å². The summed E-state index contributed by atoms with van der Waals surface area (Å²) in [5, 5.41) is 11.8. The van der Waals surface area contributed by atoms with Crippen LogP contribution in [0, 0.1) is 0 Å². The molecule has 0 radical (unpaired) electrons. The van der Waals surface area contributed by atoms with Gasteiger partial charge in [0.1, 0.15) is 0 Å². The van der Waals surface area contributed by atoms with Crippen molar-refractivity contribution in [3.8, 4) is 0 Å². The van der Waals surface area contributed by atoms with E-state index in [1.165, 1.54) is 0 Å². The van der Waals surface area contributed by atoms with Crippen LogP contribution in [0.5, 0.6) is 0 Å². The molecule has 1 heterocycles. The first-order valence-corrected chi connectivity index (χ1v) is 4.90. The van der Waals surface area contributed by atoms with Crippen molar-refractivity contribution >= 4 is 5.97 Å². The average molecular weight is 186 g/mol. The van der Waals surface area contributed by atoms with Gasteiger partial charge in [0.05, 0.1) is 0 Å². The highest BCUT2D eigenvalue weighted by atomic mass is 16.4. The number of aliphatic carboxylic acids is 1. The van der Waals surface area contributed by atoms with Gasteiger partial charge in [-0.05, 0) is 12.8 Å². The van der Waals surface area contributed by atoms with Crippen LogP contribution >= 0.6 is 0 Å². The van der Waals surface area contributed by atoms with Gasteiger partial charge in [-0.15, -0.1) is 0 Å². The van der Waals surface area contributed by atoms with Crippen molar-refractivity contribution in [2.75, 3.05) is 19.8 Å². The van der Waals surface area contributed by atoms with E-state index in [4.69, 9.17) is 5.11 Å². The monoisotopic (exact) mass is 186 g/mol. The lowest BCUT2D eigenvalue weighted by atomic mass is 10.1. The Morgan fingerprint density at radius 3 is 2.92 bits per heavy atom. The van der Waals surface area contributed by atoms with E-state index >= 15 is 0 Å². The van der Waals surface area contributed by atoms with Gasteiger partial charge in [-0.1, -0.05) is 6.92 Å². The Morgan fingerprint density at radius 2 is 2.46 bits per heavy atom. The number of nitrogens with zero attached hydrogens (tertiary/aromatic N) is 1. The van der Waals surface area contributed by atoms with Gasteiger partial charge < -0.3 is 10.4 Å².